The second kappa shape index (κ2) is 6.04. The summed E-state index contributed by atoms with van der Waals surface area (Å²) in [6.07, 6.45) is -0.819. The topological polar surface area (TPSA) is 69.8 Å². The average Bonchev–Trinajstić information content (AvgIpc) is 2.40. The van der Waals surface area contributed by atoms with Gasteiger partial charge in [-0.15, -0.1) is 0 Å². The number of carboxylic acid groups (broad SMARTS) is 1. The minimum atomic E-state index is -0.819. The average molecular weight is 263 g/mol. The van der Waals surface area contributed by atoms with Crippen molar-refractivity contribution < 1.29 is 9.90 Å². The predicted octanol–water partition coefficient (Wildman–Crippen LogP) is 1.50. The van der Waals surface area contributed by atoms with Gasteiger partial charge in [0.25, 0.3) is 0 Å². The fraction of sp³-hybridized carbons (Fsp3) is 0.500. The van der Waals surface area contributed by atoms with Crippen LogP contribution in [0.15, 0.2) is 24.3 Å². The quantitative estimate of drug-likeness (QED) is 0.867. The van der Waals surface area contributed by atoms with Crippen LogP contribution in [0.3, 0.4) is 0 Å². The number of hydrogen-bond acceptors (Lipinski definition) is 3. The predicted molar refractivity (Wildman–Crippen MR) is 73.9 cm³/mol. The smallest absolute Gasteiger partial charge is 0.407 e. The molecule has 2 rings (SSSR count). The fourth-order valence-electron chi connectivity index (χ4n) is 2.28. The maximum Gasteiger partial charge on any atom is 0.407 e. The Labute approximate surface area is 113 Å². The number of hydrogen-bond donors (Lipinski definition) is 2. The van der Waals surface area contributed by atoms with Gasteiger partial charge in [-0.3, -0.25) is 4.90 Å². The molecule has 1 atom stereocenters. The van der Waals surface area contributed by atoms with Crippen LogP contribution in [0.1, 0.15) is 24.1 Å². The first kappa shape index (κ1) is 13.8. The SMILES string of the molecule is C[C@H](N)c1ccc(CN2CCN(C(=O)O)CC2)cc1. The van der Waals surface area contributed by atoms with E-state index in [1.165, 1.54) is 10.5 Å². The molecule has 5 nitrogen and oxygen atoms in total. The highest BCUT2D eigenvalue weighted by Crippen LogP contribution is 2.13. The molecule has 1 amide bonds. The van der Waals surface area contributed by atoms with Crippen LogP contribution in [0.5, 0.6) is 0 Å². The molecule has 1 aliphatic rings. The highest BCUT2D eigenvalue weighted by atomic mass is 16.4. The Kier molecular flexibility index (Phi) is 4.39. The number of nitrogens with two attached hydrogens (primary N) is 1. The molecule has 19 heavy (non-hydrogen) atoms. The van der Waals surface area contributed by atoms with Crippen LogP contribution >= 0.6 is 0 Å². The minimum Gasteiger partial charge on any atom is -0.465 e. The first-order valence-electron chi connectivity index (χ1n) is 6.61. The van der Waals surface area contributed by atoms with E-state index in [-0.39, 0.29) is 6.04 Å². The number of nitrogens with zero attached hydrogens (tertiary/aromatic N) is 2. The Hall–Kier alpha value is -1.59. The van der Waals surface area contributed by atoms with Crippen molar-refractivity contribution in [3.8, 4) is 0 Å². The molecule has 1 aromatic rings. The molecule has 0 radical (unpaired) electrons. The second-order valence-corrected chi connectivity index (χ2v) is 5.08. The van der Waals surface area contributed by atoms with Gasteiger partial charge in [-0.25, -0.2) is 4.79 Å². The van der Waals surface area contributed by atoms with Crippen LogP contribution in [0.25, 0.3) is 0 Å². The molecule has 3 N–H and O–H groups in total. The molecule has 1 heterocycles. The summed E-state index contributed by atoms with van der Waals surface area (Å²) >= 11 is 0. The number of amides is 1. The molecule has 0 aromatic heterocycles. The van der Waals surface area contributed by atoms with Gasteiger partial charge in [-0.1, -0.05) is 24.3 Å². The lowest BCUT2D eigenvalue weighted by molar-refractivity contribution is 0.103. The zero-order valence-corrected chi connectivity index (χ0v) is 11.2. The minimum absolute atomic E-state index is 0.0631. The first-order valence-corrected chi connectivity index (χ1v) is 6.61. The highest BCUT2D eigenvalue weighted by molar-refractivity contribution is 5.65. The summed E-state index contributed by atoms with van der Waals surface area (Å²) in [5, 5.41) is 8.89. The molecule has 0 unspecified atom stereocenters. The van der Waals surface area contributed by atoms with Crippen molar-refractivity contribution in [1.82, 2.24) is 9.80 Å². The van der Waals surface area contributed by atoms with Gasteiger partial charge in [-0.05, 0) is 18.1 Å². The standard InChI is InChI=1S/C14H21N3O2/c1-11(15)13-4-2-12(3-5-13)10-16-6-8-17(9-7-16)14(18)19/h2-5,11H,6-10,15H2,1H3,(H,18,19)/t11-/m0/s1. The number of carbonyl (C=O) groups is 1. The van der Waals surface area contributed by atoms with Crippen molar-refractivity contribution in [3.05, 3.63) is 35.4 Å². The molecule has 0 aliphatic carbocycles. The summed E-state index contributed by atoms with van der Waals surface area (Å²) in [6.45, 7) is 5.61. The monoisotopic (exact) mass is 263 g/mol. The summed E-state index contributed by atoms with van der Waals surface area (Å²) in [5.74, 6) is 0. The van der Waals surface area contributed by atoms with E-state index in [4.69, 9.17) is 10.8 Å². The third-order valence-electron chi connectivity index (χ3n) is 3.55. The van der Waals surface area contributed by atoms with Crippen LogP contribution in [0.4, 0.5) is 4.79 Å². The van der Waals surface area contributed by atoms with E-state index in [9.17, 15) is 4.79 Å². The lowest BCUT2D eigenvalue weighted by atomic mass is 10.1. The van der Waals surface area contributed by atoms with Gasteiger partial charge in [0.15, 0.2) is 0 Å². The third kappa shape index (κ3) is 3.68. The normalized spacial score (nSPS) is 18.3. The van der Waals surface area contributed by atoms with E-state index >= 15 is 0 Å². The zero-order chi connectivity index (χ0) is 13.8. The third-order valence-corrected chi connectivity index (χ3v) is 3.55. The molecular formula is C14H21N3O2. The summed E-state index contributed by atoms with van der Waals surface area (Å²) in [4.78, 5) is 14.6. The van der Waals surface area contributed by atoms with Gasteiger partial charge in [0, 0.05) is 38.8 Å². The fourth-order valence-corrected chi connectivity index (χ4v) is 2.28. The summed E-state index contributed by atoms with van der Waals surface area (Å²) in [6, 6.07) is 8.39. The Bertz CT molecular complexity index is 423. The highest BCUT2D eigenvalue weighted by Gasteiger charge is 2.20. The van der Waals surface area contributed by atoms with Crippen molar-refractivity contribution in [2.24, 2.45) is 5.73 Å². The summed E-state index contributed by atoms with van der Waals surface area (Å²) in [5.41, 5.74) is 8.20. The zero-order valence-electron chi connectivity index (χ0n) is 11.2. The number of piperazine rings is 1. The van der Waals surface area contributed by atoms with E-state index in [1.54, 1.807) is 0 Å². The molecule has 1 aliphatic heterocycles. The van der Waals surface area contributed by atoms with E-state index in [0.29, 0.717) is 13.1 Å². The molecule has 0 saturated carbocycles. The Morgan fingerprint density at radius 3 is 2.32 bits per heavy atom. The molecule has 0 bridgehead atoms. The molecule has 104 valence electrons. The second-order valence-electron chi connectivity index (χ2n) is 5.08. The molecular weight excluding hydrogens is 242 g/mol. The molecule has 1 saturated heterocycles. The largest absolute Gasteiger partial charge is 0.465 e. The molecule has 0 spiro atoms. The number of benzene rings is 1. The van der Waals surface area contributed by atoms with Gasteiger partial charge < -0.3 is 15.7 Å². The van der Waals surface area contributed by atoms with Crippen LogP contribution < -0.4 is 5.73 Å². The Balaban J connectivity index is 1.87. The van der Waals surface area contributed by atoms with Crippen molar-refractivity contribution in [1.29, 1.82) is 0 Å². The molecule has 5 heteroatoms. The van der Waals surface area contributed by atoms with Crippen LogP contribution in [-0.4, -0.2) is 47.2 Å². The maximum atomic E-state index is 10.8. The van der Waals surface area contributed by atoms with Crippen LogP contribution in [0, 0.1) is 0 Å². The lowest BCUT2D eigenvalue weighted by Crippen LogP contribution is -2.47. The van der Waals surface area contributed by atoms with E-state index < -0.39 is 6.09 Å². The van der Waals surface area contributed by atoms with Crippen LogP contribution in [0.2, 0.25) is 0 Å². The molecule has 1 fully saturated rings. The first-order chi connectivity index (χ1) is 9.06. The van der Waals surface area contributed by atoms with Gasteiger partial charge >= 0.3 is 6.09 Å². The Morgan fingerprint density at radius 1 is 1.26 bits per heavy atom. The molecule has 1 aromatic carbocycles. The maximum absolute atomic E-state index is 10.8. The Morgan fingerprint density at radius 2 is 1.84 bits per heavy atom. The van der Waals surface area contributed by atoms with E-state index in [2.05, 4.69) is 29.2 Å². The lowest BCUT2D eigenvalue weighted by Gasteiger charge is -2.33. The van der Waals surface area contributed by atoms with Crippen molar-refractivity contribution >= 4 is 6.09 Å². The number of rotatable bonds is 3. The van der Waals surface area contributed by atoms with E-state index in [0.717, 1.165) is 25.2 Å². The summed E-state index contributed by atoms with van der Waals surface area (Å²) in [7, 11) is 0. The van der Waals surface area contributed by atoms with Gasteiger partial charge in [-0.2, -0.15) is 0 Å². The van der Waals surface area contributed by atoms with E-state index in [1.807, 2.05) is 6.92 Å². The van der Waals surface area contributed by atoms with Crippen LogP contribution in [-0.2, 0) is 6.54 Å². The van der Waals surface area contributed by atoms with Gasteiger partial charge in [0.05, 0.1) is 0 Å². The van der Waals surface area contributed by atoms with Gasteiger partial charge in [0.1, 0.15) is 0 Å². The van der Waals surface area contributed by atoms with Gasteiger partial charge in [0.2, 0.25) is 0 Å². The summed E-state index contributed by atoms with van der Waals surface area (Å²) < 4.78 is 0. The van der Waals surface area contributed by atoms with Crippen molar-refractivity contribution in [3.63, 3.8) is 0 Å². The van der Waals surface area contributed by atoms with Crippen molar-refractivity contribution in [2.75, 3.05) is 26.2 Å². The van der Waals surface area contributed by atoms with Crippen molar-refractivity contribution in [2.45, 2.75) is 19.5 Å².